The molecule has 0 saturated heterocycles. The second-order valence-corrected chi connectivity index (χ2v) is 22.8. The molecule has 0 unspecified atom stereocenters. The smallest absolute Gasteiger partial charge is 0.326 e. The van der Waals surface area contributed by atoms with Crippen molar-refractivity contribution >= 4 is 71.1 Å². The fourth-order valence-electron chi connectivity index (χ4n) is 9.18. The second kappa shape index (κ2) is 41.0. The van der Waals surface area contributed by atoms with Gasteiger partial charge in [0.05, 0.1) is 25.4 Å². The quantitative estimate of drug-likeness (QED) is 0.0177. The van der Waals surface area contributed by atoms with Gasteiger partial charge < -0.3 is 96.8 Å². The highest BCUT2D eigenvalue weighted by molar-refractivity contribution is 5.99. The van der Waals surface area contributed by atoms with E-state index in [-0.39, 0.29) is 88.8 Å². The molecule has 31 nitrogen and oxygen atoms in total. The number of hydrogen-bond acceptors (Lipinski definition) is 17. The number of aliphatic hydroxyl groups is 1. The lowest BCUT2D eigenvalue weighted by molar-refractivity contribution is -0.143. The van der Waals surface area contributed by atoms with Crippen molar-refractivity contribution in [2.45, 2.75) is 192 Å². The van der Waals surface area contributed by atoms with Crippen molar-refractivity contribution in [3.8, 4) is 0 Å². The van der Waals surface area contributed by atoms with Gasteiger partial charge in [-0.3, -0.25) is 52.9 Å². The molecule has 0 aliphatic heterocycles. The van der Waals surface area contributed by atoms with Crippen LogP contribution in [0.2, 0.25) is 0 Å². The zero-order chi connectivity index (χ0) is 66.8. The average Bonchev–Trinajstić information content (AvgIpc) is 3.54. The topological polar surface area (TPSA) is 528 Å². The number of amides is 9. The van der Waals surface area contributed by atoms with Gasteiger partial charge in [-0.25, -0.2) is 9.78 Å². The molecular weight excluding hydrogens is 1160 g/mol. The molecule has 0 spiro atoms. The Hall–Kier alpha value is -8.29. The number of carboxylic acid groups (broad SMARTS) is 2. The lowest BCUT2D eigenvalue weighted by Crippen LogP contribution is -2.62. The molecular formula is C58H97N17O14. The first-order valence-electron chi connectivity index (χ1n) is 30.2. The number of aromatic amines is 1. The van der Waals surface area contributed by atoms with Gasteiger partial charge in [0.25, 0.3) is 0 Å². The Bertz CT molecular complexity index is 2610. The van der Waals surface area contributed by atoms with E-state index in [1.165, 1.54) is 12.5 Å². The maximum Gasteiger partial charge on any atom is 0.326 e. The predicted octanol–water partition coefficient (Wildman–Crippen LogP) is -3.11. The van der Waals surface area contributed by atoms with Crippen molar-refractivity contribution in [3.63, 3.8) is 0 Å². The van der Waals surface area contributed by atoms with Gasteiger partial charge >= 0.3 is 11.9 Å². The molecule has 498 valence electrons. The third kappa shape index (κ3) is 29.5. The molecule has 0 radical (unpaired) electrons. The molecule has 2 aromatic rings. The Kier molecular flexibility index (Phi) is 35.4. The molecule has 0 fully saturated rings. The van der Waals surface area contributed by atoms with Crippen LogP contribution in [0.3, 0.4) is 0 Å². The van der Waals surface area contributed by atoms with Crippen LogP contribution in [-0.2, 0) is 65.6 Å². The van der Waals surface area contributed by atoms with Crippen LogP contribution < -0.4 is 76.5 Å². The van der Waals surface area contributed by atoms with E-state index in [4.69, 9.17) is 28.7 Å². The number of aliphatic carboxylic acids is 2. The van der Waals surface area contributed by atoms with Gasteiger partial charge in [-0.15, -0.1) is 0 Å². The first-order chi connectivity index (χ1) is 42.1. The number of carbonyl (C=O) groups excluding carboxylic acids is 9. The summed E-state index contributed by atoms with van der Waals surface area (Å²) >= 11 is 0. The summed E-state index contributed by atoms with van der Waals surface area (Å²) in [6.45, 7) is 10.0. The van der Waals surface area contributed by atoms with Crippen molar-refractivity contribution < 1.29 is 68.1 Å². The van der Waals surface area contributed by atoms with Crippen LogP contribution in [0.5, 0.6) is 0 Å². The molecule has 0 aliphatic carbocycles. The molecule has 1 aromatic carbocycles. The largest absolute Gasteiger partial charge is 0.481 e. The van der Waals surface area contributed by atoms with Crippen LogP contribution in [0.15, 0.2) is 47.8 Å². The molecule has 0 saturated carbocycles. The van der Waals surface area contributed by atoms with Crippen LogP contribution in [0.25, 0.3) is 0 Å². The fraction of sp³-hybridized carbons (Fsp3) is 0.638. The summed E-state index contributed by atoms with van der Waals surface area (Å²) in [5.74, 6) is -12.3. The highest BCUT2D eigenvalue weighted by Gasteiger charge is 2.37. The van der Waals surface area contributed by atoms with Gasteiger partial charge in [-0.1, -0.05) is 78.3 Å². The minimum atomic E-state index is -1.88. The molecule has 89 heavy (non-hydrogen) atoms. The maximum atomic E-state index is 14.6. The number of nitrogens with one attached hydrogen (secondary N) is 10. The summed E-state index contributed by atoms with van der Waals surface area (Å²) in [6.07, 6.45) is 3.99. The number of nitrogens with two attached hydrogens (primary N) is 5. The Morgan fingerprint density at radius 3 is 1.51 bits per heavy atom. The van der Waals surface area contributed by atoms with E-state index < -0.39 is 144 Å². The minimum absolute atomic E-state index is 0.0194. The van der Waals surface area contributed by atoms with E-state index in [0.717, 1.165) is 0 Å². The second-order valence-electron chi connectivity index (χ2n) is 22.8. The number of carboxylic acids is 2. The number of unbranched alkanes of at least 4 members (excludes halogenated alkanes) is 2. The first-order valence-corrected chi connectivity index (χ1v) is 30.2. The molecule has 9 amide bonds. The Labute approximate surface area is 519 Å². The van der Waals surface area contributed by atoms with E-state index >= 15 is 0 Å². The van der Waals surface area contributed by atoms with Crippen LogP contribution in [0.1, 0.15) is 130 Å². The molecule has 0 bridgehead atoms. The maximum absolute atomic E-state index is 14.6. The lowest BCUT2D eigenvalue weighted by Gasteiger charge is -2.30. The van der Waals surface area contributed by atoms with Crippen LogP contribution in [0, 0.1) is 17.8 Å². The van der Waals surface area contributed by atoms with Gasteiger partial charge in [-0.2, -0.15) is 0 Å². The number of carbonyl (C=O) groups is 11. The fourth-order valence-corrected chi connectivity index (χ4v) is 9.18. The summed E-state index contributed by atoms with van der Waals surface area (Å²) in [7, 11) is 0. The van der Waals surface area contributed by atoms with Crippen LogP contribution >= 0.6 is 0 Å². The standard InChI is InChI=1S/C58H97N17O14/c1-7-34(6)47(56(87)73-41(24-32(2)3)51(82)72-44(28-46(77)78)53(84)74-45(30-76)55(86)69-40(57(88)89)19-12-14-22-60)75-54(85)42(25-33(4)5)70-49(80)38(18-11-13-21-59)68-52(83)43(26-35-16-9-8-10-17-35)71-50(81)39(20-15-23-65-58(62)63)67-48(79)37(61)27-36-29-64-31-66-36/h8-10,16-17,29,31-34,37-45,47,76H,7,11-15,18-28,30,59-61H2,1-6H3,(H,64,66)(H,67,79)(H,68,83)(H,69,86)(H,70,80)(H,71,81)(H,72,82)(H,73,87)(H,74,84)(H,75,85)(H,77,78)(H,88,89)(H4,62,63,65)/t34-,37-,38-,39-,40-,41-,42-,43-,44-,45-,47-/m0/s1. The number of hydrogen-bond donors (Lipinski definition) is 18. The molecule has 0 aliphatic rings. The van der Waals surface area contributed by atoms with Crippen molar-refractivity contribution in [3.05, 3.63) is 54.1 Å². The van der Waals surface area contributed by atoms with Gasteiger partial charge in [-0.05, 0) is 101 Å². The Morgan fingerprint density at radius 2 is 1.00 bits per heavy atom. The number of nitrogens with zero attached hydrogens (tertiary/aromatic N) is 2. The van der Waals surface area contributed by atoms with Gasteiger partial charge in [0, 0.05) is 31.3 Å². The number of imidazole rings is 1. The Balaban J connectivity index is 2.47. The van der Waals surface area contributed by atoms with E-state index in [1.54, 1.807) is 71.9 Å². The zero-order valence-electron chi connectivity index (χ0n) is 51.9. The monoisotopic (exact) mass is 1260 g/mol. The molecule has 23 N–H and O–H groups in total. The number of rotatable bonds is 44. The van der Waals surface area contributed by atoms with E-state index in [0.29, 0.717) is 43.4 Å². The number of aliphatic hydroxyl groups excluding tert-OH is 1. The van der Waals surface area contributed by atoms with Crippen molar-refractivity contribution in [2.75, 3.05) is 26.2 Å². The van der Waals surface area contributed by atoms with E-state index in [2.05, 4.69) is 62.8 Å². The highest BCUT2D eigenvalue weighted by Crippen LogP contribution is 2.15. The normalized spacial score (nSPS) is 14.9. The average molecular weight is 1260 g/mol. The number of guanidine groups is 1. The minimum Gasteiger partial charge on any atom is -0.481 e. The number of benzene rings is 1. The number of H-pyrrole nitrogens is 1. The first kappa shape index (κ1) is 76.8. The van der Waals surface area contributed by atoms with Crippen molar-refractivity contribution in [1.29, 1.82) is 0 Å². The summed E-state index contributed by atoms with van der Waals surface area (Å²) in [6, 6.07) is -5.49. The molecule has 1 aromatic heterocycles. The Morgan fingerprint density at radius 1 is 0.551 bits per heavy atom. The molecule has 31 heteroatoms. The summed E-state index contributed by atoms with van der Waals surface area (Å²) in [5, 5.41) is 52.5. The lowest BCUT2D eigenvalue weighted by atomic mass is 9.95. The SMILES string of the molecule is CC[C@H](C)[C@H](NC(=O)[C@H](CC(C)C)NC(=O)[C@H](CCCCN)NC(=O)[C@H](Cc1ccccc1)NC(=O)[C@H](CCCN=C(N)N)NC(=O)[C@@H](N)Cc1cnc[nH]1)C(=O)N[C@@H](CC(C)C)C(=O)N[C@@H](CC(=O)O)C(=O)N[C@@H](CO)C(=O)N[C@@H](CCCCN)C(=O)O. The third-order valence-corrected chi connectivity index (χ3v) is 14.3. The van der Waals surface area contributed by atoms with Crippen LogP contribution in [0.4, 0.5) is 0 Å². The summed E-state index contributed by atoms with van der Waals surface area (Å²) in [5.41, 5.74) is 29.8. The number of aliphatic imine (C=N–C) groups is 1. The van der Waals surface area contributed by atoms with E-state index in [9.17, 15) is 68.1 Å². The van der Waals surface area contributed by atoms with Gasteiger partial charge in [0.2, 0.25) is 53.2 Å². The number of aromatic nitrogens is 2. The third-order valence-electron chi connectivity index (χ3n) is 14.3. The molecule has 1 heterocycles. The summed E-state index contributed by atoms with van der Waals surface area (Å²) < 4.78 is 0. The predicted molar refractivity (Wildman–Crippen MR) is 329 cm³/mol. The molecule has 11 atom stereocenters. The van der Waals surface area contributed by atoms with Crippen molar-refractivity contribution in [1.82, 2.24) is 57.8 Å². The highest BCUT2D eigenvalue weighted by atomic mass is 16.4. The van der Waals surface area contributed by atoms with Gasteiger partial charge in [0.1, 0.15) is 54.4 Å². The van der Waals surface area contributed by atoms with E-state index in [1.807, 2.05) is 0 Å². The van der Waals surface area contributed by atoms with Crippen molar-refractivity contribution in [2.24, 2.45) is 51.4 Å². The zero-order valence-corrected chi connectivity index (χ0v) is 51.9. The molecule has 2 rings (SSSR count). The summed E-state index contributed by atoms with van der Waals surface area (Å²) in [4.78, 5) is 161. The van der Waals surface area contributed by atoms with Gasteiger partial charge in [0.15, 0.2) is 5.96 Å². The van der Waals surface area contributed by atoms with Crippen LogP contribution in [-0.4, -0.2) is 183 Å².